The Hall–Kier alpha value is -1.12. The summed E-state index contributed by atoms with van der Waals surface area (Å²) in [5.74, 6) is 0.574. The zero-order valence-corrected chi connectivity index (χ0v) is 15.1. The molecule has 0 radical (unpaired) electrons. The highest BCUT2D eigenvalue weighted by atomic mass is 35.5. The van der Waals surface area contributed by atoms with Gasteiger partial charge in [-0.1, -0.05) is 18.5 Å². The van der Waals surface area contributed by atoms with Gasteiger partial charge in [0.2, 0.25) is 5.96 Å². The van der Waals surface area contributed by atoms with Crippen LogP contribution >= 0.6 is 22.9 Å². The maximum atomic E-state index is 12.4. The normalized spacial score (nSPS) is 19.5. The first kappa shape index (κ1) is 17.2. The molecule has 122 valence electrons. The lowest BCUT2D eigenvalue weighted by atomic mass is 10.0. The zero-order valence-electron chi connectivity index (χ0n) is 12.7. The van der Waals surface area contributed by atoms with Gasteiger partial charge in [0.05, 0.1) is 10.9 Å². The van der Waals surface area contributed by atoms with Crippen molar-refractivity contribution in [2.24, 2.45) is 15.4 Å². The summed E-state index contributed by atoms with van der Waals surface area (Å²) in [4.78, 5) is 0. The van der Waals surface area contributed by atoms with Crippen LogP contribution in [0.1, 0.15) is 27.2 Å². The summed E-state index contributed by atoms with van der Waals surface area (Å²) < 4.78 is 29.2. The maximum Gasteiger partial charge on any atom is 0.295 e. The van der Waals surface area contributed by atoms with E-state index in [0.717, 1.165) is 23.5 Å². The van der Waals surface area contributed by atoms with Gasteiger partial charge in [0, 0.05) is 18.2 Å². The van der Waals surface area contributed by atoms with Gasteiger partial charge in [-0.3, -0.25) is 0 Å². The number of thiophene rings is 1. The largest absolute Gasteiger partial charge is 0.354 e. The molecular formula is C13H19ClN4O2S2. The Morgan fingerprint density at radius 2 is 2.27 bits per heavy atom. The van der Waals surface area contributed by atoms with E-state index in [1.54, 1.807) is 11.1 Å². The molecule has 0 fully saturated rings. The van der Waals surface area contributed by atoms with E-state index in [2.05, 4.69) is 21.7 Å². The summed E-state index contributed by atoms with van der Waals surface area (Å²) in [7, 11) is -3.79. The predicted molar refractivity (Wildman–Crippen MR) is 91.2 cm³/mol. The molecule has 1 aliphatic rings. The number of sulfonamides is 1. The number of guanidine groups is 1. The molecule has 2 rings (SSSR count). The van der Waals surface area contributed by atoms with Crippen molar-refractivity contribution in [2.45, 2.75) is 31.4 Å². The Labute approximate surface area is 139 Å². The third-order valence-corrected chi connectivity index (χ3v) is 6.31. The van der Waals surface area contributed by atoms with Crippen LogP contribution in [0, 0.1) is 5.92 Å². The Morgan fingerprint density at radius 1 is 1.55 bits per heavy atom. The van der Waals surface area contributed by atoms with Crippen LogP contribution in [0.25, 0.3) is 0 Å². The van der Waals surface area contributed by atoms with Crippen molar-refractivity contribution in [1.82, 2.24) is 10.3 Å². The van der Waals surface area contributed by atoms with Gasteiger partial charge in [0.1, 0.15) is 4.21 Å². The fourth-order valence-corrected chi connectivity index (χ4v) is 4.57. The first-order valence-electron chi connectivity index (χ1n) is 7.04. The topological polar surface area (TPSA) is 74.1 Å². The summed E-state index contributed by atoms with van der Waals surface area (Å²) in [6.07, 6.45) is 0.957. The summed E-state index contributed by atoms with van der Waals surface area (Å²) >= 11 is 6.80. The Balaban J connectivity index is 2.32. The number of nitrogens with one attached hydrogen (secondary N) is 1. The molecule has 0 saturated heterocycles. The molecule has 9 heteroatoms. The molecule has 0 spiro atoms. The molecule has 22 heavy (non-hydrogen) atoms. The third kappa shape index (κ3) is 3.80. The van der Waals surface area contributed by atoms with Gasteiger partial charge in [-0.15, -0.1) is 15.7 Å². The van der Waals surface area contributed by atoms with Crippen molar-refractivity contribution in [3.05, 3.63) is 16.5 Å². The number of hydrazone groups is 1. The van der Waals surface area contributed by atoms with Gasteiger partial charge >= 0.3 is 0 Å². The van der Waals surface area contributed by atoms with Crippen LogP contribution in [0.4, 0.5) is 0 Å². The second-order valence-electron chi connectivity index (χ2n) is 4.91. The molecule has 0 aliphatic carbocycles. The van der Waals surface area contributed by atoms with E-state index < -0.39 is 10.0 Å². The van der Waals surface area contributed by atoms with Crippen LogP contribution in [0.2, 0.25) is 4.34 Å². The highest BCUT2D eigenvalue weighted by Gasteiger charge is 2.27. The van der Waals surface area contributed by atoms with Gasteiger partial charge in [-0.2, -0.15) is 13.5 Å². The van der Waals surface area contributed by atoms with Crippen molar-refractivity contribution in [1.29, 1.82) is 0 Å². The van der Waals surface area contributed by atoms with Crippen LogP contribution in [0.3, 0.4) is 0 Å². The number of hydrogen-bond acceptors (Lipinski definition) is 4. The molecule has 1 atom stereocenters. The number of halogens is 1. The van der Waals surface area contributed by atoms with E-state index in [1.165, 1.54) is 6.07 Å². The van der Waals surface area contributed by atoms with E-state index in [4.69, 9.17) is 11.6 Å². The molecular weight excluding hydrogens is 344 g/mol. The molecule has 1 N–H and O–H groups in total. The van der Waals surface area contributed by atoms with E-state index in [1.807, 2.05) is 13.8 Å². The SMILES string of the molecule is CCN/C(=N\S(=O)(=O)c1ccc(Cl)s1)N1CC(CC)C(C)=N1. The lowest BCUT2D eigenvalue weighted by Crippen LogP contribution is -2.38. The fourth-order valence-electron chi connectivity index (χ4n) is 2.14. The molecule has 0 bridgehead atoms. The molecule has 0 saturated carbocycles. The Bertz CT molecular complexity index is 697. The molecule has 2 heterocycles. The van der Waals surface area contributed by atoms with Crippen LogP contribution < -0.4 is 5.32 Å². The van der Waals surface area contributed by atoms with Crippen LogP contribution in [0.15, 0.2) is 25.8 Å². The molecule has 0 amide bonds. The quantitative estimate of drug-likeness (QED) is 0.660. The molecule has 0 aromatic carbocycles. The second kappa shape index (κ2) is 6.97. The standard InChI is InChI=1S/C13H19ClN4O2S2/c1-4-10-8-18(16-9(10)3)13(15-5-2)17-22(19,20)12-7-6-11(14)21-12/h6-7,10H,4-5,8H2,1-3H3,(H,15,17). The first-order chi connectivity index (χ1) is 10.4. The van der Waals surface area contributed by atoms with E-state index >= 15 is 0 Å². The summed E-state index contributed by atoms with van der Waals surface area (Å²) in [6.45, 7) is 7.11. The van der Waals surface area contributed by atoms with Crippen LogP contribution in [-0.4, -0.2) is 38.2 Å². The highest BCUT2D eigenvalue weighted by Crippen LogP contribution is 2.27. The lowest BCUT2D eigenvalue weighted by molar-refractivity contribution is 0.426. The van der Waals surface area contributed by atoms with E-state index in [-0.39, 0.29) is 10.2 Å². The fraction of sp³-hybridized carbons (Fsp3) is 0.538. The molecule has 1 aromatic rings. The Kier molecular flexibility index (Phi) is 5.46. The van der Waals surface area contributed by atoms with Crippen molar-refractivity contribution < 1.29 is 8.42 Å². The van der Waals surface area contributed by atoms with Crippen molar-refractivity contribution in [3.8, 4) is 0 Å². The molecule has 6 nitrogen and oxygen atoms in total. The van der Waals surface area contributed by atoms with Crippen molar-refractivity contribution in [3.63, 3.8) is 0 Å². The molecule has 1 unspecified atom stereocenters. The number of hydrogen-bond donors (Lipinski definition) is 1. The monoisotopic (exact) mass is 362 g/mol. The maximum absolute atomic E-state index is 12.4. The minimum Gasteiger partial charge on any atom is -0.354 e. The molecule has 1 aromatic heterocycles. The van der Waals surface area contributed by atoms with Gasteiger partial charge in [-0.05, 0) is 32.4 Å². The van der Waals surface area contributed by atoms with Crippen LogP contribution in [-0.2, 0) is 10.0 Å². The Morgan fingerprint density at radius 3 is 2.77 bits per heavy atom. The van der Waals surface area contributed by atoms with Crippen LogP contribution in [0.5, 0.6) is 0 Å². The number of nitrogens with zero attached hydrogens (tertiary/aromatic N) is 3. The third-order valence-electron chi connectivity index (χ3n) is 3.34. The van der Waals surface area contributed by atoms with Crippen molar-refractivity contribution in [2.75, 3.05) is 13.1 Å². The predicted octanol–water partition coefficient (Wildman–Crippen LogP) is 2.77. The van der Waals surface area contributed by atoms with Gasteiger partial charge < -0.3 is 5.32 Å². The minimum absolute atomic E-state index is 0.125. The average molecular weight is 363 g/mol. The first-order valence-corrected chi connectivity index (χ1v) is 9.67. The molecule has 1 aliphatic heterocycles. The van der Waals surface area contributed by atoms with Crippen molar-refractivity contribution >= 4 is 44.6 Å². The van der Waals surface area contributed by atoms with Gasteiger partial charge in [0.25, 0.3) is 10.0 Å². The summed E-state index contributed by atoms with van der Waals surface area (Å²) in [5, 5.41) is 9.02. The van der Waals surface area contributed by atoms with E-state index in [9.17, 15) is 8.42 Å². The second-order valence-corrected chi connectivity index (χ2v) is 8.45. The zero-order chi connectivity index (χ0) is 16.3. The minimum atomic E-state index is -3.79. The average Bonchev–Trinajstić information content (AvgIpc) is 3.04. The summed E-state index contributed by atoms with van der Waals surface area (Å²) in [5.41, 5.74) is 0.990. The number of rotatable bonds is 4. The lowest BCUT2D eigenvalue weighted by Gasteiger charge is -2.18. The van der Waals surface area contributed by atoms with E-state index in [0.29, 0.717) is 23.3 Å². The summed E-state index contributed by atoms with van der Waals surface area (Å²) in [6, 6.07) is 3.01. The van der Waals surface area contributed by atoms with Gasteiger partial charge in [0.15, 0.2) is 0 Å². The highest BCUT2D eigenvalue weighted by molar-refractivity contribution is 7.92. The van der Waals surface area contributed by atoms with Gasteiger partial charge in [-0.25, -0.2) is 5.01 Å². The smallest absolute Gasteiger partial charge is 0.295 e.